The molecule has 3 heterocycles. The van der Waals surface area contributed by atoms with Crippen LogP contribution in [0.1, 0.15) is 35.6 Å². The minimum Gasteiger partial charge on any atom is -0.443 e. The number of aromatic nitrogens is 2. The number of fused-ring (bicyclic) bond motifs is 1. The molecule has 1 atom stereocenters. The van der Waals surface area contributed by atoms with Crippen LogP contribution in [0.5, 0.6) is 0 Å². The number of anilines is 2. The van der Waals surface area contributed by atoms with Crippen LogP contribution < -0.4 is 10.2 Å². The molecular formula is C22H25ClN4O2. The molecular weight excluding hydrogens is 388 g/mol. The molecule has 1 aliphatic heterocycles. The van der Waals surface area contributed by atoms with E-state index in [1.165, 1.54) is 0 Å². The number of piperidine rings is 1. The molecule has 1 amide bonds. The normalized spacial score (nSPS) is 17.0. The lowest BCUT2D eigenvalue weighted by Crippen LogP contribution is -2.41. The van der Waals surface area contributed by atoms with Crippen LogP contribution in [0, 0.1) is 33.6 Å². The molecule has 0 spiro atoms. The second-order valence-corrected chi connectivity index (χ2v) is 8.20. The van der Waals surface area contributed by atoms with Crippen LogP contribution in [0.4, 0.5) is 11.5 Å². The predicted octanol–water partition coefficient (Wildman–Crippen LogP) is 4.96. The van der Waals surface area contributed by atoms with E-state index < -0.39 is 0 Å². The van der Waals surface area contributed by atoms with Gasteiger partial charge in [-0.15, -0.1) is 0 Å². The Balaban J connectivity index is 1.58. The first-order valence-corrected chi connectivity index (χ1v) is 10.3. The summed E-state index contributed by atoms with van der Waals surface area (Å²) in [5.41, 5.74) is 3.38. The zero-order chi connectivity index (χ0) is 20.7. The summed E-state index contributed by atoms with van der Waals surface area (Å²) in [7, 11) is 0. The summed E-state index contributed by atoms with van der Waals surface area (Å²) in [5, 5.41) is 4.61. The van der Waals surface area contributed by atoms with Crippen LogP contribution in [-0.4, -0.2) is 29.0 Å². The molecule has 1 aromatic carbocycles. The van der Waals surface area contributed by atoms with Crippen LogP contribution in [-0.2, 0) is 4.79 Å². The van der Waals surface area contributed by atoms with Crippen molar-refractivity contribution >= 4 is 40.1 Å². The van der Waals surface area contributed by atoms with Crippen LogP contribution in [0.2, 0.25) is 5.02 Å². The summed E-state index contributed by atoms with van der Waals surface area (Å²) in [6.07, 6.45) is 1.77. The molecule has 1 N–H and O–H groups in total. The number of aryl methyl sites for hydroxylation is 4. The lowest BCUT2D eigenvalue weighted by molar-refractivity contribution is -0.120. The standard InChI is InChI=1S/C22H25ClN4O2/c1-12-7-8-17(10-18(12)23)26-21(28)16-6-5-9-27(11-16)20-19-13(2)14(3)29-22(19)25-15(4)24-20/h7-8,10,16H,5-6,9,11H2,1-4H3,(H,26,28)/t16-/m0/s1. The Labute approximate surface area is 175 Å². The fraction of sp³-hybridized carbons (Fsp3) is 0.409. The third-order valence-electron chi connectivity index (χ3n) is 5.65. The molecule has 1 aliphatic rings. The summed E-state index contributed by atoms with van der Waals surface area (Å²) in [6.45, 7) is 9.24. The smallest absolute Gasteiger partial charge is 0.231 e. The van der Waals surface area contributed by atoms with Gasteiger partial charge < -0.3 is 14.6 Å². The highest BCUT2D eigenvalue weighted by Crippen LogP contribution is 2.33. The first-order chi connectivity index (χ1) is 13.8. The largest absolute Gasteiger partial charge is 0.443 e. The Hall–Kier alpha value is -2.60. The van der Waals surface area contributed by atoms with Gasteiger partial charge in [-0.1, -0.05) is 17.7 Å². The minimum atomic E-state index is -0.123. The van der Waals surface area contributed by atoms with Crippen molar-refractivity contribution in [3.63, 3.8) is 0 Å². The third-order valence-corrected chi connectivity index (χ3v) is 6.06. The fourth-order valence-corrected chi connectivity index (χ4v) is 4.04. The zero-order valence-corrected chi connectivity index (χ0v) is 17.9. The molecule has 1 saturated heterocycles. The monoisotopic (exact) mass is 412 g/mol. The second-order valence-electron chi connectivity index (χ2n) is 7.80. The highest BCUT2D eigenvalue weighted by atomic mass is 35.5. The van der Waals surface area contributed by atoms with E-state index in [0.717, 1.165) is 53.2 Å². The number of rotatable bonds is 3. The van der Waals surface area contributed by atoms with Crippen molar-refractivity contribution in [2.45, 2.75) is 40.5 Å². The molecule has 1 fully saturated rings. The molecule has 0 unspecified atom stereocenters. The Kier molecular flexibility index (Phi) is 5.21. The van der Waals surface area contributed by atoms with Crippen molar-refractivity contribution in [3.05, 3.63) is 45.9 Å². The fourth-order valence-electron chi connectivity index (χ4n) is 3.86. The Morgan fingerprint density at radius 3 is 2.79 bits per heavy atom. The summed E-state index contributed by atoms with van der Waals surface area (Å²) < 4.78 is 5.82. The molecule has 0 saturated carbocycles. The topological polar surface area (TPSA) is 71.3 Å². The van der Waals surface area contributed by atoms with Crippen LogP contribution in [0.3, 0.4) is 0 Å². The van der Waals surface area contributed by atoms with Crippen molar-refractivity contribution < 1.29 is 9.21 Å². The average Bonchev–Trinajstić information content (AvgIpc) is 2.97. The van der Waals surface area contributed by atoms with E-state index in [1.54, 1.807) is 6.07 Å². The molecule has 6 nitrogen and oxygen atoms in total. The number of carbonyl (C=O) groups excluding carboxylic acids is 1. The lowest BCUT2D eigenvalue weighted by atomic mass is 9.96. The number of hydrogen-bond donors (Lipinski definition) is 1. The Bertz CT molecular complexity index is 1090. The van der Waals surface area contributed by atoms with Gasteiger partial charge in [-0.05, 0) is 58.2 Å². The molecule has 0 aliphatic carbocycles. The number of hydrogen-bond acceptors (Lipinski definition) is 5. The quantitative estimate of drug-likeness (QED) is 0.657. The Morgan fingerprint density at radius 2 is 2.03 bits per heavy atom. The number of carbonyl (C=O) groups is 1. The summed E-state index contributed by atoms with van der Waals surface area (Å²) in [6, 6.07) is 5.59. The van der Waals surface area contributed by atoms with Crippen LogP contribution >= 0.6 is 11.6 Å². The molecule has 3 aromatic rings. The number of furan rings is 1. The van der Waals surface area contributed by atoms with Gasteiger partial charge in [-0.25, -0.2) is 4.98 Å². The zero-order valence-electron chi connectivity index (χ0n) is 17.2. The summed E-state index contributed by atoms with van der Waals surface area (Å²) in [5.74, 6) is 2.27. The molecule has 152 valence electrons. The molecule has 29 heavy (non-hydrogen) atoms. The van der Waals surface area contributed by atoms with Gasteiger partial charge in [0.15, 0.2) is 0 Å². The van der Waals surface area contributed by atoms with Gasteiger partial charge in [0.2, 0.25) is 11.6 Å². The van der Waals surface area contributed by atoms with E-state index in [-0.39, 0.29) is 11.8 Å². The van der Waals surface area contributed by atoms with Gasteiger partial charge in [0.25, 0.3) is 0 Å². The first kappa shape index (κ1) is 19.7. The van der Waals surface area contributed by atoms with E-state index in [4.69, 9.17) is 21.0 Å². The van der Waals surface area contributed by atoms with E-state index >= 15 is 0 Å². The maximum atomic E-state index is 12.9. The van der Waals surface area contributed by atoms with Gasteiger partial charge >= 0.3 is 0 Å². The van der Waals surface area contributed by atoms with E-state index in [0.29, 0.717) is 23.1 Å². The third kappa shape index (κ3) is 3.81. The number of nitrogens with zero attached hydrogens (tertiary/aromatic N) is 3. The molecule has 2 aromatic heterocycles. The highest BCUT2D eigenvalue weighted by molar-refractivity contribution is 6.31. The number of halogens is 1. The molecule has 0 radical (unpaired) electrons. The molecule has 7 heteroatoms. The number of benzene rings is 1. The van der Waals surface area contributed by atoms with E-state index in [2.05, 4.69) is 15.2 Å². The van der Waals surface area contributed by atoms with Crippen molar-refractivity contribution in [3.8, 4) is 0 Å². The molecule has 4 rings (SSSR count). The van der Waals surface area contributed by atoms with Crippen molar-refractivity contribution in [1.82, 2.24) is 9.97 Å². The predicted molar refractivity (Wildman–Crippen MR) is 116 cm³/mol. The minimum absolute atomic E-state index is 0.0109. The average molecular weight is 413 g/mol. The van der Waals surface area contributed by atoms with Crippen molar-refractivity contribution in [2.75, 3.05) is 23.3 Å². The van der Waals surface area contributed by atoms with Gasteiger partial charge in [0, 0.05) is 29.4 Å². The second kappa shape index (κ2) is 7.67. The SMILES string of the molecule is Cc1nc(N2CCC[C@H](C(=O)Nc3ccc(C)c(Cl)c3)C2)c2c(C)c(C)oc2n1. The lowest BCUT2D eigenvalue weighted by Gasteiger charge is -2.33. The maximum Gasteiger partial charge on any atom is 0.231 e. The summed E-state index contributed by atoms with van der Waals surface area (Å²) >= 11 is 6.19. The number of nitrogens with one attached hydrogen (secondary N) is 1. The van der Waals surface area contributed by atoms with Crippen molar-refractivity contribution in [2.24, 2.45) is 5.92 Å². The van der Waals surface area contributed by atoms with E-state index in [1.807, 2.05) is 39.8 Å². The van der Waals surface area contributed by atoms with Gasteiger partial charge in [-0.3, -0.25) is 4.79 Å². The van der Waals surface area contributed by atoms with Crippen LogP contribution in [0.15, 0.2) is 22.6 Å². The van der Waals surface area contributed by atoms with Gasteiger partial charge in [0.1, 0.15) is 17.4 Å². The maximum absolute atomic E-state index is 12.9. The van der Waals surface area contributed by atoms with Gasteiger partial charge in [0.05, 0.1) is 11.3 Å². The van der Waals surface area contributed by atoms with Gasteiger partial charge in [-0.2, -0.15) is 4.98 Å². The van der Waals surface area contributed by atoms with E-state index in [9.17, 15) is 4.79 Å². The van der Waals surface area contributed by atoms with Crippen molar-refractivity contribution in [1.29, 1.82) is 0 Å². The first-order valence-electron chi connectivity index (χ1n) is 9.90. The Morgan fingerprint density at radius 1 is 1.24 bits per heavy atom. The highest BCUT2D eigenvalue weighted by Gasteiger charge is 2.29. The van der Waals surface area contributed by atoms with Crippen LogP contribution in [0.25, 0.3) is 11.1 Å². The summed E-state index contributed by atoms with van der Waals surface area (Å²) in [4.78, 5) is 24.2. The molecule has 0 bridgehead atoms. The number of amides is 1.